The van der Waals surface area contributed by atoms with Gasteiger partial charge >= 0.3 is 0 Å². The zero-order valence-corrected chi connectivity index (χ0v) is 15.2. The number of hydrogen-bond acceptors (Lipinski definition) is 6. The number of piperidine rings is 1. The van der Waals surface area contributed by atoms with Crippen LogP contribution in [0.15, 0.2) is 23.7 Å². The maximum absolute atomic E-state index is 13.0. The molecular weight excluding hydrogens is 336 g/mol. The minimum atomic E-state index is 0.0173. The van der Waals surface area contributed by atoms with Gasteiger partial charge in [0.1, 0.15) is 0 Å². The average molecular weight is 358 g/mol. The Bertz CT molecular complexity index is 763. The highest BCUT2D eigenvalue weighted by molar-refractivity contribution is 7.10. The third-order valence-electron chi connectivity index (χ3n) is 5.00. The zero-order valence-electron chi connectivity index (χ0n) is 14.4. The van der Waals surface area contributed by atoms with Crippen molar-refractivity contribution in [2.75, 3.05) is 31.6 Å². The normalized spacial score (nSPS) is 20.3. The van der Waals surface area contributed by atoms with E-state index in [0.29, 0.717) is 18.4 Å². The second kappa shape index (κ2) is 7.00. The second-order valence-corrected chi connectivity index (χ2v) is 7.56. The quantitative estimate of drug-likeness (QED) is 0.843. The Morgan fingerprint density at radius 1 is 1.36 bits per heavy atom. The van der Waals surface area contributed by atoms with E-state index < -0.39 is 0 Å². The molecule has 0 spiro atoms. The molecule has 0 saturated carbocycles. The van der Waals surface area contributed by atoms with Crippen molar-refractivity contribution in [2.24, 2.45) is 5.92 Å². The summed E-state index contributed by atoms with van der Waals surface area (Å²) in [5.41, 5.74) is 1.31. The van der Waals surface area contributed by atoms with Gasteiger partial charge in [-0.3, -0.25) is 4.79 Å². The van der Waals surface area contributed by atoms with Crippen molar-refractivity contribution in [3.05, 3.63) is 34.2 Å². The van der Waals surface area contributed by atoms with E-state index in [1.165, 1.54) is 10.4 Å². The second-order valence-electron chi connectivity index (χ2n) is 6.56. The first-order valence-electron chi connectivity index (χ1n) is 8.70. The average Bonchev–Trinajstić information content (AvgIpc) is 3.15. The molecule has 0 aliphatic carbocycles. The van der Waals surface area contributed by atoms with Crippen LogP contribution in [0.1, 0.15) is 23.3 Å². The van der Waals surface area contributed by atoms with Crippen molar-refractivity contribution < 1.29 is 9.53 Å². The summed E-state index contributed by atoms with van der Waals surface area (Å²) in [6.07, 6.45) is 4.60. The van der Waals surface area contributed by atoms with E-state index in [0.717, 1.165) is 38.9 Å². The summed E-state index contributed by atoms with van der Waals surface area (Å²) in [6, 6.07) is 3.89. The Labute approximate surface area is 151 Å². The number of amides is 1. The minimum Gasteiger partial charge on any atom is -0.481 e. The van der Waals surface area contributed by atoms with Gasteiger partial charge in [0.05, 0.1) is 13.0 Å². The molecule has 0 N–H and O–H groups in total. The number of thiophene rings is 1. The van der Waals surface area contributed by atoms with Gasteiger partial charge < -0.3 is 14.5 Å². The Morgan fingerprint density at radius 3 is 3.16 bits per heavy atom. The minimum absolute atomic E-state index is 0.0173. The lowest BCUT2D eigenvalue weighted by Crippen LogP contribution is -2.46. The van der Waals surface area contributed by atoms with Gasteiger partial charge in [-0.15, -0.1) is 11.3 Å². The molecule has 1 unspecified atom stereocenters. The van der Waals surface area contributed by atoms with Crippen molar-refractivity contribution in [1.29, 1.82) is 0 Å². The maximum Gasteiger partial charge on any atom is 0.228 e. The zero-order chi connectivity index (χ0) is 17.2. The van der Waals surface area contributed by atoms with E-state index in [1.807, 2.05) is 4.90 Å². The van der Waals surface area contributed by atoms with E-state index in [4.69, 9.17) is 4.74 Å². The molecule has 25 heavy (non-hydrogen) atoms. The molecule has 2 aromatic heterocycles. The van der Waals surface area contributed by atoms with E-state index in [-0.39, 0.29) is 11.8 Å². The predicted octanol–water partition coefficient (Wildman–Crippen LogP) is 2.35. The lowest BCUT2D eigenvalue weighted by atomic mass is 9.95. The lowest BCUT2D eigenvalue weighted by Gasteiger charge is -2.36. The van der Waals surface area contributed by atoms with Gasteiger partial charge in [-0.05, 0) is 36.3 Å². The van der Waals surface area contributed by atoms with Gasteiger partial charge in [0, 0.05) is 43.3 Å². The highest BCUT2D eigenvalue weighted by Crippen LogP contribution is 2.28. The number of carbonyl (C=O) groups excluding carboxylic acids is 1. The van der Waals surface area contributed by atoms with Crippen molar-refractivity contribution in [3.8, 4) is 5.88 Å². The Balaban J connectivity index is 1.45. The van der Waals surface area contributed by atoms with Gasteiger partial charge in [0.25, 0.3) is 0 Å². The van der Waals surface area contributed by atoms with Crippen LogP contribution in [0.5, 0.6) is 5.88 Å². The van der Waals surface area contributed by atoms with Crippen molar-refractivity contribution in [1.82, 2.24) is 14.9 Å². The van der Waals surface area contributed by atoms with E-state index >= 15 is 0 Å². The summed E-state index contributed by atoms with van der Waals surface area (Å²) >= 11 is 1.80. The number of methoxy groups -OCH3 is 1. The molecule has 6 nitrogen and oxygen atoms in total. The summed E-state index contributed by atoms with van der Waals surface area (Å²) in [6.45, 7) is 3.15. The predicted molar refractivity (Wildman–Crippen MR) is 97.0 cm³/mol. The van der Waals surface area contributed by atoms with Gasteiger partial charge in [-0.25, -0.2) is 4.98 Å². The molecule has 2 aromatic rings. The van der Waals surface area contributed by atoms with E-state index in [9.17, 15) is 4.79 Å². The summed E-state index contributed by atoms with van der Waals surface area (Å²) in [5.74, 6) is 1.49. The molecule has 2 aliphatic rings. The number of carbonyl (C=O) groups is 1. The van der Waals surface area contributed by atoms with Gasteiger partial charge in [-0.2, -0.15) is 4.98 Å². The number of hydrogen-bond donors (Lipinski definition) is 0. The van der Waals surface area contributed by atoms with Crippen molar-refractivity contribution in [3.63, 3.8) is 0 Å². The van der Waals surface area contributed by atoms with Crippen LogP contribution in [0.4, 0.5) is 5.95 Å². The topological polar surface area (TPSA) is 58.6 Å². The molecule has 1 saturated heterocycles. The highest BCUT2D eigenvalue weighted by Gasteiger charge is 2.32. The van der Waals surface area contributed by atoms with Gasteiger partial charge in [0.15, 0.2) is 0 Å². The molecule has 7 heteroatoms. The van der Waals surface area contributed by atoms with Crippen LogP contribution in [-0.4, -0.2) is 47.5 Å². The summed E-state index contributed by atoms with van der Waals surface area (Å²) < 4.78 is 5.19. The molecule has 1 fully saturated rings. The number of nitrogens with zero attached hydrogens (tertiary/aromatic N) is 4. The molecular formula is C18H22N4O2S. The maximum atomic E-state index is 13.0. The SMILES string of the molecule is COc1ccnc(N2CCCC(C(=O)N3CCc4sccc4C3)C2)n1. The van der Waals surface area contributed by atoms with E-state index in [2.05, 4.69) is 26.3 Å². The summed E-state index contributed by atoms with van der Waals surface area (Å²) in [7, 11) is 1.60. The van der Waals surface area contributed by atoms with E-state index in [1.54, 1.807) is 30.7 Å². The number of rotatable bonds is 3. The molecule has 0 bridgehead atoms. The van der Waals surface area contributed by atoms with Gasteiger partial charge in [0.2, 0.25) is 17.7 Å². The van der Waals surface area contributed by atoms with Crippen molar-refractivity contribution >= 4 is 23.2 Å². The highest BCUT2D eigenvalue weighted by atomic mass is 32.1. The first kappa shape index (κ1) is 16.3. The molecule has 2 aliphatic heterocycles. The molecule has 1 amide bonds. The largest absolute Gasteiger partial charge is 0.481 e. The van der Waals surface area contributed by atoms with Crippen LogP contribution >= 0.6 is 11.3 Å². The monoisotopic (exact) mass is 358 g/mol. The molecule has 0 radical (unpaired) electrons. The number of anilines is 1. The Morgan fingerprint density at radius 2 is 2.28 bits per heavy atom. The number of ether oxygens (including phenoxy) is 1. The molecule has 4 heterocycles. The molecule has 4 rings (SSSR count). The van der Waals surface area contributed by atoms with Crippen LogP contribution in [0.25, 0.3) is 0 Å². The molecule has 132 valence electrons. The fraction of sp³-hybridized carbons (Fsp3) is 0.500. The molecule has 1 atom stereocenters. The smallest absolute Gasteiger partial charge is 0.228 e. The lowest BCUT2D eigenvalue weighted by molar-refractivity contribution is -0.136. The number of fused-ring (bicyclic) bond motifs is 1. The summed E-state index contributed by atoms with van der Waals surface area (Å²) in [4.78, 5) is 27.3. The molecule has 0 aromatic carbocycles. The van der Waals surface area contributed by atoms with Crippen LogP contribution in [-0.2, 0) is 17.8 Å². The van der Waals surface area contributed by atoms with Crippen LogP contribution in [0.3, 0.4) is 0 Å². The Hall–Kier alpha value is -2.15. The third-order valence-corrected chi connectivity index (χ3v) is 6.02. The fourth-order valence-electron chi connectivity index (χ4n) is 3.65. The van der Waals surface area contributed by atoms with Crippen LogP contribution < -0.4 is 9.64 Å². The van der Waals surface area contributed by atoms with Gasteiger partial charge in [-0.1, -0.05) is 0 Å². The van der Waals surface area contributed by atoms with Crippen LogP contribution in [0.2, 0.25) is 0 Å². The van der Waals surface area contributed by atoms with Crippen LogP contribution in [0, 0.1) is 5.92 Å². The first-order chi connectivity index (χ1) is 12.2. The standard InChI is InChI=1S/C18H22N4O2S/c1-24-16-4-7-19-18(20-16)22-8-2-3-14(12-22)17(23)21-9-5-15-13(11-21)6-10-25-15/h4,6-7,10,14H,2-3,5,8-9,11-12H2,1H3. The summed E-state index contributed by atoms with van der Waals surface area (Å²) in [5, 5.41) is 2.13. The first-order valence-corrected chi connectivity index (χ1v) is 9.58. The number of aromatic nitrogens is 2. The third kappa shape index (κ3) is 3.33. The van der Waals surface area contributed by atoms with Crippen molar-refractivity contribution in [2.45, 2.75) is 25.8 Å². The fourth-order valence-corrected chi connectivity index (χ4v) is 4.54. The Kier molecular flexibility index (Phi) is 4.57.